The molecule has 0 aromatic carbocycles. The summed E-state index contributed by atoms with van der Waals surface area (Å²) in [7, 11) is 0. The van der Waals surface area contributed by atoms with Gasteiger partial charge >= 0.3 is 6.03 Å². The standard InChI is InChI=1S/C14H27N3O2S/c1-4-6-11-20-12(3)13(18)16-7-9-17(10-8-16)14(19)15-5-2/h12H,4-11H2,1-3H3,(H,15,19)/t12-/m0/s1. The van der Waals surface area contributed by atoms with Crippen LogP contribution in [0.2, 0.25) is 0 Å². The minimum atomic E-state index is -0.0232. The number of rotatable bonds is 6. The first-order chi connectivity index (χ1) is 9.60. The molecule has 0 bridgehead atoms. The van der Waals surface area contributed by atoms with E-state index in [2.05, 4.69) is 12.2 Å². The molecule has 1 heterocycles. The van der Waals surface area contributed by atoms with Crippen molar-refractivity contribution in [3.8, 4) is 0 Å². The van der Waals surface area contributed by atoms with Crippen molar-refractivity contribution in [2.24, 2.45) is 0 Å². The third kappa shape index (κ3) is 5.23. The number of nitrogens with zero attached hydrogens (tertiary/aromatic N) is 2. The summed E-state index contributed by atoms with van der Waals surface area (Å²) in [5, 5.41) is 2.82. The average molecular weight is 301 g/mol. The van der Waals surface area contributed by atoms with Crippen molar-refractivity contribution in [1.82, 2.24) is 15.1 Å². The Kier molecular flexibility index (Phi) is 7.80. The quantitative estimate of drug-likeness (QED) is 0.761. The molecular weight excluding hydrogens is 274 g/mol. The van der Waals surface area contributed by atoms with Gasteiger partial charge in [0.15, 0.2) is 0 Å². The Bertz CT molecular complexity index is 318. The van der Waals surface area contributed by atoms with Crippen LogP contribution in [0.25, 0.3) is 0 Å². The molecule has 6 heteroatoms. The van der Waals surface area contributed by atoms with Gasteiger partial charge in [0, 0.05) is 32.7 Å². The van der Waals surface area contributed by atoms with Gasteiger partial charge in [0.2, 0.25) is 5.91 Å². The van der Waals surface area contributed by atoms with E-state index in [0.29, 0.717) is 32.7 Å². The second kappa shape index (κ2) is 9.10. The van der Waals surface area contributed by atoms with E-state index in [1.807, 2.05) is 18.7 Å². The van der Waals surface area contributed by atoms with Crippen LogP contribution in [0.4, 0.5) is 4.79 Å². The average Bonchev–Trinajstić information content (AvgIpc) is 2.47. The van der Waals surface area contributed by atoms with Crippen molar-refractivity contribution in [1.29, 1.82) is 0 Å². The zero-order chi connectivity index (χ0) is 15.0. The smallest absolute Gasteiger partial charge is 0.317 e. The van der Waals surface area contributed by atoms with Gasteiger partial charge in [-0.25, -0.2) is 4.79 Å². The van der Waals surface area contributed by atoms with E-state index in [-0.39, 0.29) is 17.2 Å². The van der Waals surface area contributed by atoms with Crippen LogP contribution in [0, 0.1) is 0 Å². The zero-order valence-corrected chi connectivity index (χ0v) is 13.7. The van der Waals surface area contributed by atoms with Gasteiger partial charge in [0.1, 0.15) is 0 Å². The highest BCUT2D eigenvalue weighted by molar-refractivity contribution is 8.00. The summed E-state index contributed by atoms with van der Waals surface area (Å²) in [4.78, 5) is 27.6. The minimum absolute atomic E-state index is 0.0232. The van der Waals surface area contributed by atoms with Crippen molar-refractivity contribution in [2.75, 3.05) is 38.5 Å². The first-order valence-corrected chi connectivity index (χ1v) is 8.58. The summed E-state index contributed by atoms with van der Waals surface area (Å²) in [6, 6.07) is -0.0232. The first kappa shape index (κ1) is 17.1. The Labute approximate surface area is 126 Å². The molecule has 0 spiro atoms. The van der Waals surface area contributed by atoms with Crippen LogP contribution in [0.1, 0.15) is 33.6 Å². The molecule has 1 saturated heterocycles. The van der Waals surface area contributed by atoms with E-state index in [1.165, 1.54) is 6.42 Å². The molecule has 1 aliphatic rings. The van der Waals surface area contributed by atoms with Gasteiger partial charge in [-0.1, -0.05) is 13.3 Å². The maximum Gasteiger partial charge on any atom is 0.317 e. The molecule has 0 aromatic heterocycles. The lowest BCUT2D eigenvalue weighted by atomic mass is 10.3. The van der Waals surface area contributed by atoms with Crippen LogP contribution in [0.3, 0.4) is 0 Å². The molecule has 1 aliphatic heterocycles. The largest absolute Gasteiger partial charge is 0.338 e. The number of urea groups is 1. The fourth-order valence-electron chi connectivity index (χ4n) is 2.13. The van der Waals surface area contributed by atoms with Gasteiger partial charge in [0.05, 0.1) is 5.25 Å². The van der Waals surface area contributed by atoms with Crippen molar-refractivity contribution in [3.05, 3.63) is 0 Å². The van der Waals surface area contributed by atoms with Crippen LogP contribution >= 0.6 is 11.8 Å². The lowest BCUT2D eigenvalue weighted by molar-refractivity contribution is -0.131. The summed E-state index contributed by atoms with van der Waals surface area (Å²) < 4.78 is 0. The van der Waals surface area contributed by atoms with Gasteiger partial charge in [0.25, 0.3) is 0 Å². The Hall–Kier alpha value is -0.910. The van der Waals surface area contributed by atoms with Gasteiger partial charge in [-0.15, -0.1) is 11.8 Å². The van der Waals surface area contributed by atoms with Gasteiger partial charge in [-0.3, -0.25) is 4.79 Å². The highest BCUT2D eigenvalue weighted by atomic mass is 32.2. The fourth-order valence-corrected chi connectivity index (χ4v) is 3.23. The number of piperazine rings is 1. The van der Waals surface area contributed by atoms with E-state index in [4.69, 9.17) is 0 Å². The van der Waals surface area contributed by atoms with Crippen molar-refractivity contribution in [2.45, 2.75) is 38.9 Å². The molecule has 1 atom stereocenters. The molecular formula is C14H27N3O2S. The molecule has 1 fully saturated rings. The lowest BCUT2D eigenvalue weighted by Gasteiger charge is -2.35. The molecule has 0 aliphatic carbocycles. The maximum absolute atomic E-state index is 12.3. The molecule has 0 radical (unpaired) electrons. The number of thioether (sulfide) groups is 1. The normalized spacial score (nSPS) is 16.9. The molecule has 3 amide bonds. The van der Waals surface area contributed by atoms with Gasteiger partial charge in [-0.05, 0) is 26.0 Å². The highest BCUT2D eigenvalue weighted by Gasteiger charge is 2.26. The Morgan fingerprint density at radius 1 is 1.15 bits per heavy atom. The van der Waals surface area contributed by atoms with Crippen molar-refractivity contribution < 1.29 is 9.59 Å². The van der Waals surface area contributed by atoms with E-state index in [0.717, 1.165) is 12.2 Å². The predicted molar refractivity (Wildman–Crippen MR) is 84.1 cm³/mol. The fraction of sp³-hybridized carbons (Fsp3) is 0.857. The Morgan fingerprint density at radius 3 is 2.30 bits per heavy atom. The van der Waals surface area contributed by atoms with Crippen LogP contribution in [-0.2, 0) is 4.79 Å². The maximum atomic E-state index is 12.3. The Morgan fingerprint density at radius 2 is 1.75 bits per heavy atom. The topological polar surface area (TPSA) is 52.7 Å². The van der Waals surface area contributed by atoms with Crippen molar-refractivity contribution in [3.63, 3.8) is 0 Å². The molecule has 0 unspecified atom stereocenters. The summed E-state index contributed by atoms with van der Waals surface area (Å²) >= 11 is 1.73. The van der Waals surface area contributed by atoms with Gasteiger partial charge in [-0.2, -0.15) is 0 Å². The number of hydrogen-bond donors (Lipinski definition) is 1. The lowest BCUT2D eigenvalue weighted by Crippen LogP contribution is -2.54. The van der Waals surface area contributed by atoms with E-state index in [1.54, 1.807) is 16.7 Å². The Balaban J connectivity index is 2.33. The zero-order valence-electron chi connectivity index (χ0n) is 12.9. The van der Waals surface area contributed by atoms with E-state index >= 15 is 0 Å². The third-order valence-corrected chi connectivity index (χ3v) is 4.65. The van der Waals surface area contributed by atoms with Crippen LogP contribution in [-0.4, -0.2) is 65.5 Å². The molecule has 0 aromatic rings. The molecule has 20 heavy (non-hydrogen) atoms. The first-order valence-electron chi connectivity index (χ1n) is 7.53. The number of unbranched alkanes of at least 4 members (excludes halogenated alkanes) is 1. The monoisotopic (exact) mass is 301 g/mol. The predicted octanol–water partition coefficient (Wildman–Crippen LogP) is 1.78. The molecule has 1 N–H and O–H groups in total. The minimum Gasteiger partial charge on any atom is -0.338 e. The van der Waals surface area contributed by atoms with E-state index in [9.17, 15) is 9.59 Å². The van der Waals surface area contributed by atoms with Crippen molar-refractivity contribution >= 4 is 23.7 Å². The summed E-state index contributed by atoms with van der Waals surface area (Å²) in [5.74, 6) is 1.25. The number of nitrogens with one attached hydrogen (secondary N) is 1. The summed E-state index contributed by atoms with van der Waals surface area (Å²) in [6.45, 7) is 9.25. The number of amides is 3. The second-order valence-electron chi connectivity index (χ2n) is 5.01. The molecule has 1 rings (SSSR count). The number of carbonyl (C=O) groups is 2. The highest BCUT2D eigenvalue weighted by Crippen LogP contribution is 2.16. The molecule has 0 saturated carbocycles. The number of hydrogen-bond acceptors (Lipinski definition) is 3. The number of carbonyl (C=O) groups excluding carboxylic acids is 2. The van der Waals surface area contributed by atoms with E-state index < -0.39 is 0 Å². The second-order valence-corrected chi connectivity index (χ2v) is 6.46. The van der Waals surface area contributed by atoms with Gasteiger partial charge < -0.3 is 15.1 Å². The molecule has 5 nitrogen and oxygen atoms in total. The third-order valence-electron chi connectivity index (χ3n) is 3.42. The van der Waals surface area contributed by atoms with Crippen LogP contribution < -0.4 is 5.32 Å². The summed E-state index contributed by atoms with van der Waals surface area (Å²) in [5.41, 5.74) is 0. The summed E-state index contributed by atoms with van der Waals surface area (Å²) in [6.07, 6.45) is 2.33. The molecule has 116 valence electrons. The van der Waals surface area contributed by atoms with Crippen LogP contribution in [0.5, 0.6) is 0 Å². The SMILES string of the molecule is CCCCS[C@@H](C)C(=O)N1CCN(C(=O)NCC)CC1. The van der Waals surface area contributed by atoms with Crippen LogP contribution in [0.15, 0.2) is 0 Å².